The van der Waals surface area contributed by atoms with E-state index in [1.165, 1.54) is 49.7 Å². The first-order valence-corrected chi connectivity index (χ1v) is 15.1. The number of methoxy groups -OCH3 is 1. The second-order valence-electron chi connectivity index (χ2n) is 9.07. The second-order valence-corrected chi connectivity index (χ2v) is 12.7. The van der Waals surface area contributed by atoms with Crippen LogP contribution in [0, 0.1) is 0 Å². The monoisotopic (exact) mass is 570 g/mol. The Labute approximate surface area is 230 Å². The first-order chi connectivity index (χ1) is 19.2. The Balaban J connectivity index is 1.54. The van der Waals surface area contributed by atoms with Crippen LogP contribution < -0.4 is 4.74 Å². The van der Waals surface area contributed by atoms with Crippen molar-refractivity contribution in [2.45, 2.75) is 9.79 Å². The Morgan fingerprint density at radius 2 is 1.30 bits per heavy atom. The number of fused-ring (bicyclic) bond motifs is 2. The third-order valence-corrected chi connectivity index (χ3v) is 10.1. The molecule has 0 saturated carbocycles. The maximum Gasteiger partial charge on any atom is 0.268 e. The number of carbonyl (C=O) groups is 1. The molecular weight excluding hydrogens is 548 g/mol. The fourth-order valence-electron chi connectivity index (χ4n) is 4.72. The lowest BCUT2D eigenvalue weighted by Gasteiger charge is -2.12. The van der Waals surface area contributed by atoms with E-state index in [1.807, 2.05) is 0 Å². The van der Waals surface area contributed by atoms with E-state index < -0.39 is 25.8 Å². The summed E-state index contributed by atoms with van der Waals surface area (Å²) in [4.78, 5) is 14.1. The molecule has 0 spiro atoms. The van der Waals surface area contributed by atoms with Gasteiger partial charge < -0.3 is 4.74 Å². The lowest BCUT2D eigenvalue weighted by atomic mass is 10.1. The van der Waals surface area contributed by atoms with Crippen molar-refractivity contribution in [2.75, 3.05) is 7.11 Å². The smallest absolute Gasteiger partial charge is 0.268 e. The molecule has 0 radical (unpaired) electrons. The molecule has 0 amide bonds. The molecule has 200 valence electrons. The van der Waals surface area contributed by atoms with Gasteiger partial charge in [0.25, 0.3) is 20.0 Å². The largest absolute Gasteiger partial charge is 0.497 e. The summed E-state index contributed by atoms with van der Waals surface area (Å²) in [5.41, 5.74) is 0.652. The average Bonchev–Trinajstić information content (AvgIpc) is 3.59. The fraction of sp³-hybridized carbons (Fsp3) is 0.0333. The maximum absolute atomic E-state index is 14.0. The van der Waals surface area contributed by atoms with Gasteiger partial charge in [0.1, 0.15) is 11.4 Å². The molecule has 6 rings (SSSR count). The van der Waals surface area contributed by atoms with Crippen LogP contribution in [-0.4, -0.2) is 37.7 Å². The van der Waals surface area contributed by atoms with E-state index in [1.54, 1.807) is 72.8 Å². The number of benzene rings is 4. The normalized spacial score (nSPS) is 12.1. The molecule has 8 nitrogen and oxygen atoms in total. The zero-order valence-corrected chi connectivity index (χ0v) is 22.8. The summed E-state index contributed by atoms with van der Waals surface area (Å²) in [5, 5.41) is 1.11. The van der Waals surface area contributed by atoms with Crippen molar-refractivity contribution in [1.82, 2.24) is 7.94 Å². The number of aromatic nitrogens is 2. The summed E-state index contributed by atoms with van der Waals surface area (Å²) < 4.78 is 61.8. The quantitative estimate of drug-likeness (QED) is 0.241. The van der Waals surface area contributed by atoms with E-state index >= 15 is 0 Å². The molecule has 2 heterocycles. The van der Waals surface area contributed by atoms with Crippen molar-refractivity contribution in [3.63, 3.8) is 0 Å². The molecule has 10 heteroatoms. The Kier molecular flexibility index (Phi) is 6.09. The molecule has 40 heavy (non-hydrogen) atoms. The fourth-order valence-corrected chi connectivity index (χ4v) is 7.62. The van der Waals surface area contributed by atoms with Gasteiger partial charge in [-0.25, -0.2) is 24.8 Å². The summed E-state index contributed by atoms with van der Waals surface area (Å²) >= 11 is 0. The number of hydrogen-bond acceptors (Lipinski definition) is 6. The van der Waals surface area contributed by atoms with Gasteiger partial charge >= 0.3 is 0 Å². The first-order valence-electron chi connectivity index (χ1n) is 12.2. The molecule has 0 fully saturated rings. The van der Waals surface area contributed by atoms with Crippen LogP contribution in [0.5, 0.6) is 5.75 Å². The summed E-state index contributed by atoms with van der Waals surface area (Å²) in [5.74, 6) is -0.0763. The number of rotatable bonds is 7. The van der Waals surface area contributed by atoms with E-state index in [2.05, 4.69) is 0 Å². The molecule has 0 unspecified atom stereocenters. The van der Waals surface area contributed by atoms with Crippen LogP contribution in [0.1, 0.15) is 16.1 Å². The highest BCUT2D eigenvalue weighted by Gasteiger charge is 2.28. The summed E-state index contributed by atoms with van der Waals surface area (Å²) in [7, 11) is -6.61. The van der Waals surface area contributed by atoms with Crippen LogP contribution in [-0.2, 0) is 20.0 Å². The van der Waals surface area contributed by atoms with E-state index in [0.717, 1.165) is 7.94 Å². The van der Waals surface area contributed by atoms with Crippen molar-refractivity contribution in [1.29, 1.82) is 0 Å². The van der Waals surface area contributed by atoms with Gasteiger partial charge in [-0.15, -0.1) is 0 Å². The van der Waals surface area contributed by atoms with Crippen LogP contribution >= 0.6 is 0 Å². The van der Waals surface area contributed by atoms with Crippen LogP contribution in [0.4, 0.5) is 0 Å². The first kappa shape index (κ1) is 25.6. The topological polar surface area (TPSA) is 104 Å². The third kappa shape index (κ3) is 4.09. The number of hydrogen-bond donors (Lipinski definition) is 0. The van der Waals surface area contributed by atoms with Gasteiger partial charge in [-0.05, 0) is 60.7 Å². The van der Waals surface area contributed by atoms with Crippen molar-refractivity contribution in [2.24, 2.45) is 0 Å². The zero-order chi connectivity index (χ0) is 28.1. The number of ether oxygens (including phenoxy) is 1. The lowest BCUT2D eigenvalue weighted by molar-refractivity contribution is 0.103. The highest BCUT2D eigenvalue weighted by Crippen LogP contribution is 2.31. The Bertz CT molecular complexity index is 2130. The van der Waals surface area contributed by atoms with E-state index in [-0.39, 0.29) is 21.0 Å². The van der Waals surface area contributed by atoms with Gasteiger partial charge in [0.15, 0.2) is 0 Å². The van der Waals surface area contributed by atoms with Gasteiger partial charge in [0.05, 0.1) is 27.9 Å². The predicted octanol–water partition coefficient (Wildman–Crippen LogP) is 5.31. The molecule has 0 aliphatic rings. The van der Waals surface area contributed by atoms with E-state index in [9.17, 15) is 21.6 Å². The van der Waals surface area contributed by atoms with Crippen LogP contribution in [0.3, 0.4) is 0 Å². The predicted molar refractivity (Wildman–Crippen MR) is 152 cm³/mol. The Morgan fingerprint density at radius 1 is 0.650 bits per heavy atom. The second kappa shape index (κ2) is 9.51. The minimum absolute atomic E-state index is 0.0238. The number of nitrogens with zero attached hydrogens (tertiary/aromatic N) is 2. The Hall–Kier alpha value is -4.67. The van der Waals surface area contributed by atoms with Crippen molar-refractivity contribution >= 4 is 47.6 Å². The van der Waals surface area contributed by atoms with Crippen molar-refractivity contribution < 1.29 is 26.4 Å². The van der Waals surface area contributed by atoms with Crippen molar-refractivity contribution in [3.8, 4) is 5.75 Å². The van der Waals surface area contributed by atoms with Gasteiger partial charge in [-0.1, -0.05) is 48.5 Å². The molecule has 0 saturated heterocycles. The standard InChI is InChI=1S/C30H22N2O6S2/c1-38-24-14-15-27-23(18-24)20-29(32(27)40(36,37)26-10-6-3-7-11-26)30(33)22-13-12-21-16-17-31(28(21)19-22)39(34,35)25-8-4-2-5-9-25/h2-20H,1H3. The molecule has 0 aliphatic carbocycles. The molecular formula is C30H22N2O6S2. The number of carbonyl (C=O) groups excluding carboxylic acids is 1. The molecule has 0 bridgehead atoms. The minimum Gasteiger partial charge on any atom is -0.497 e. The van der Waals surface area contributed by atoms with Gasteiger partial charge in [-0.2, -0.15) is 0 Å². The third-order valence-electron chi connectivity index (χ3n) is 6.70. The average molecular weight is 571 g/mol. The minimum atomic E-state index is -4.17. The van der Waals surface area contributed by atoms with Crippen molar-refractivity contribution in [3.05, 3.63) is 127 Å². The van der Waals surface area contributed by atoms with Gasteiger partial charge in [0.2, 0.25) is 5.78 Å². The zero-order valence-electron chi connectivity index (χ0n) is 21.1. The molecule has 0 aliphatic heterocycles. The van der Waals surface area contributed by atoms with Crippen LogP contribution in [0.2, 0.25) is 0 Å². The molecule has 2 aromatic heterocycles. The summed E-state index contributed by atoms with van der Waals surface area (Å²) in [6, 6.07) is 28.5. The molecule has 0 atom stereocenters. The van der Waals surface area contributed by atoms with Crippen LogP contribution in [0.25, 0.3) is 21.8 Å². The summed E-state index contributed by atoms with van der Waals surface area (Å²) in [6.45, 7) is 0. The molecule has 4 aromatic carbocycles. The van der Waals surface area contributed by atoms with Gasteiger partial charge in [0, 0.05) is 22.5 Å². The Morgan fingerprint density at radius 3 is 1.95 bits per heavy atom. The maximum atomic E-state index is 14.0. The SMILES string of the molecule is COc1ccc2c(c1)cc(C(=O)c1ccc3ccn(S(=O)(=O)c4ccccc4)c3c1)n2S(=O)(=O)c1ccccc1. The highest BCUT2D eigenvalue weighted by atomic mass is 32.2. The lowest BCUT2D eigenvalue weighted by Crippen LogP contribution is -2.19. The van der Waals surface area contributed by atoms with Gasteiger partial charge in [-0.3, -0.25) is 4.79 Å². The summed E-state index contributed by atoms with van der Waals surface area (Å²) in [6.07, 6.45) is 1.43. The van der Waals surface area contributed by atoms with E-state index in [0.29, 0.717) is 27.6 Å². The number of ketones is 1. The van der Waals surface area contributed by atoms with Crippen LogP contribution in [0.15, 0.2) is 125 Å². The molecule has 0 N–H and O–H groups in total. The van der Waals surface area contributed by atoms with E-state index in [4.69, 9.17) is 4.74 Å². The highest BCUT2D eigenvalue weighted by molar-refractivity contribution is 7.90. The molecule has 6 aromatic rings.